The highest BCUT2D eigenvalue weighted by atomic mass is 16.5. The molecule has 1 aromatic rings. The first-order chi connectivity index (χ1) is 11.5. The van der Waals surface area contributed by atoms with Crippen molar-refractivity contribution in [2.75, 3.05) is 13.7 Å². The van der Waals surface area contributed by atoms with Gasteiger partial charge in [-0.05, 0) is 49.3 Å². The third kappa shape index (κ3) is 4.98. The Balaban J connectivity index is 1.96. The molecule has 132 valence electrons. The molecule has 0 bridgehead atoms. The van der Waals surface area contributed by atoms with Crippen molar-refractivity contribution in [1.82, 2.24) is 4.90 Å². The third-order valence-corrected chi connectivity index (χ3v) is 4.80. The van der Waals surface area contributed by atoms with Crippen LogP contribution < -0.4 is 4.74 Å². The number of piperidine rings is 1. The second-order valence-corrected chi connectivity index (χ2v) is 6.55. The number of methoxy groups -OCH3 is 1. The zero-order chi connectivity index (χ0) is 17.5. The molecule has 1 fully saturated rings. The fraction of sp³-hybridized carbons (Fsp3) is 0.579. The predicted octanol–water partition coefficient (Wildman–Crippen LogP) is 3.43. The molecule has 1 amide bonds. The van der Waals surface area contributed by atoms with Crippen molar-refractivity contribution in [3.8, 4) is 5.75 Å². The number of aliphatic carboxylic acids is 1. The number of hydrogen-bond acceptors (Lipinski definition) is 3. The minimum atomic E-state index is -0.792. The summed E-state index contributed by atoms with van der Waals surface area (Å²) in [5.41, 5.74) is 1.11. The van der Waals surface area contributed by atoms with Gasteiger partial charge >= 0.3 is 5.97 Å². The normalized spacial score (nSPS) is 18.9. The van der Waals surface area contributed by atoms with E-state index < -0.39 is 5.97 Å². The van der Waals surface area contributed by atoms with Gasteiger partial charge in [-0.15, -0.1) is 0 Å². The molecule has 1 saturated heterocycles. The Hall–Kier alpha value is -2.04. The lowest BCUT2D eigenvalue weighted by atomic mass is 9.94. The molecule has 2 atom stereocenters. The predicted molar refractivity (Wildman–Crippen MR) is 92.2 cm³/mol. The summed E-state index contributed by atoms with van der Waals surface area (Å²) in [6.07, 6.45) is 4.13. The Morgan fingerprint density at radius 2 is 2.00 bits per heavy atom. The number of nitrogens with zero attached hydrogens (tertiary/aromatic N) is 1. The lowest BCUT2D eigenvalue weighted by molar-refractivity contribution is -0.140. The molecule has 5 heteroatoms. The molecule has 1 heterocycles. The zero-order valence-electron chi connectivity index (χ0n) is 14.5. The molecule has 0 aromatic heterocycles. The van der Waals surface area contributed by atoms with Crippen molar-refractivity contribution >= 4 is 11.9 Å². The molecule has 2 rings (SSSR count). The summed E-state index contributed by atoms with van der Waals surface area (Å²) in [4.78, 5) is 25.4. The number of carbonyl (C=O) groups excluding carboxylic acids is 1. The van der Waals surface area contributed by atoms with Crippen molar-refractivity contribution in [3.05, 3.63) is 29.8 Å². The van der Waals surface area contributed by atoms with E-state index in [4.69, 9.17) is 9.84 Å². The highest BCUT2D eigenvalue weighted by molar-refractivity contribution is 5.77. The maximum Gasteiger partial charge on any atom is 0.303 e. The summed E-state index contributed by atoms with van der Waals surface area (Å²) in [7, 11) is 1.63. The highest BCUT2D eigenvalue weighted by Crippen LogP contribution is 2.26. The second kappa shape index (κ2) is 8.71. The number of rotatable bonds is 7. The van der Waals surface area contributed by atoms with Gasteiger partial charge in [-0.25, -0.2) is 0 Å². The van der Waals surface area contributed by atoms with Gasteiger partial charge < -0.3 is 14.7 Å². The van der Waals surface area contributed by atoms with E-state index in [2.05, 4.69) is 6.92 Å². The molecule has 0 unspecified atom stereocenters. The van der Waals surface area contributed by atoms with Crippen LogP contribution in [0.15, 0.2) is 24.3 Å². The van der Waals surface area contributed by atoms with Gasteiger partial charge in [-0.2, -0.15) is 0 Å². The summed E-state index contributed by atoms with van der Waals surface area (Å²) in [5, 5.41) is 8.89. The van der Waals surface area contributed by atoms with Crippen molar-refractivity contribution in [1.29, 1.82) is 0 Å². The molecule has 0 radical (unpaired) electrons. The van der Waals surface area contributed by atoms with E-state index in [0.717, 1.165) is 37.1 Å². The van der Waals surface area contributed by atoms with E-state index in [1.807, 2.05) is 29.2 Å². The summed E-state index contributed by atoms with van der Waals surface area (Å²) in [6.45, 7) is 2.80. The van der Waals surface area contributed by atoms with Crippen LogP contribution in [0.5, 0.6) is 5.75 Å². The first-order valence-corrected chi connectivity index (χ1v) is 8.66. The van der Waals surface area contributed by atoms with Crippen molar-refractivity contribution in [2.45, 2.75) is 57.4 Å². The average Bonchev–Trinajstić information content (AvgIpc) is 2.60. The monoisotopic (exact) mass is 333 g/mol. The van der Waals surface area contributed by atoms with Crippen molar-refractivity contribution < 1.29 is 19.4 Å². The molecule has 1 aromatic carbocycles. The number of ether oxygens (including phenoxy) is 1. The van der Waals surface area contributed by atoms with Gasteiger partial charge in [0.05, 0.1) is 7.11 Å². The Morgan fingerprint density at radius 1 is 1.29 bits per heavy atom. The quantitative estimate of drug-likeness (QED) is 0.830. The average molecular weight is 333 g/mol. The van der Waals surface area contributed by atoms with Crippen LogP contribution in [0.2, 0.25) is 0 Å². The van der Waals surface area contributed by atoms with Crippen LogP contribution in [0, 0.1) is 0 Å². The van der Waals surface area contributed by atoms with Crippen molar-refractivity contribution in [2.24, 2.45) is 0 Å². The van der Waals surface area contributed by atoms with E-state index in [1.54, 1.807) is 7.11 Å². The summed E-state index contributed by atoms with van der Waals surface area (Å²) >= 11 is 0. The topological polar surface area (TPSA) is 66.8 Å². The summed E-state index contributed by atoms with van der Waals surface area (Å²) < 4.78 is 5.16. The Bertz CT molecular complexity index is 555. The van der Waals surface area contributed by atoms with Gasteiger partial charge in [-0.1, -0.05) is 19.1 Å². The van der Waals surface area contributed by atoms with Gasteiger partial charge in [0.1, 0.15) is 5.75 Å². The fourth-order valence-corrected chi connectivity index (χ4v) is 3.35. The third-order valence-electron chi connectivity index (χ3n) is 4.80. The van der Waals surface area contributed by atoms with E-state index >= 15 is 0 Å². The zero-order valence-corrected chi connectivity index (χ0v) is 14.5. The fourth-order valence-electron chi connectivity index (χ4n) is 3.35. The minimum Gasteiger partial charge on any atom is -0.497 e. The maximum absolute atomic E-state index is 12.7. The molecule has 24 heavy (non-hydrogen) atoms. The van der Waals surface area contributed by atoms with E-state index in [-0.39, 0.29) is 24.3 Å². The number of benzene rings is 1. The largest absolute Gasteiger partial charge is 0.497 e. The first kappa shape index (κ1) is 18.3. The standard InChI is InChI=1S/C19H27NO4/c1-14(15-6-9-17(24-2)10-7-15)13-18(21)20-12-4-3-5-16(20)8-11-19(22)23/h6-7,9-10,14,16H,3-5,8,11-13H2,1-2H3,(H,22,23)/t14-,16+/m1/s1. The van der Waals surface area contributed by atoms with Gasteiger partial charge in [0, 0.05) is 25.4 Å². The number of carboxylic acid groups (broad SMARTS) is 1. The molecule has 1 aliphatic rings. The molecule has 0 saturated carbocycles. The molecule has 0 aliphatic carbocycles. The molecular formula is C19H27NO4. The Kier molecular flexibility index (Phi) is 6.64. The van der Waals surface area contributed by atoms with Gasteiger partial charge in [-0.3, -0.25) is 9.59 Å². The lowest BCUT2D eigenvalue weighted by Crippen LogP contribution is -2.44. The number of hydrogen-bond donors (Lipinski definition) is 1. The van der Waals surface area contributed by atoms with Gasteiger partial charge in [0.15, 0.2) is 0 Å². The molecule has 1 aliphatic heterocycles. The number of likely N-dealkylation sites (tertiary alicyclic amines) is 1. The van der Waals surface area contributed by atoms with Crippen LogP contribution in [0.4, 0.5) is 0 Å². The van der Waals surface area contributed by atoms with Crippen LogP contribution in [-0.4, -0.2) is 41.6 Å². The number of amides is 1. The highest BCUT2D eigenvalue weighted by Gasteiger charge is 2.27. The Labute approximate surface area is 143 Å². The Morgan fingerprint density at radius 3 is 2.62 bits per heavy atom. The SMILES string of the molecule is COc1ccc([C@H](C)CC(=O)N2CCCC[C@H]2CCC(=O)O)cc1. The molecule has 0 spiro atoms. The van der Waals surface area contributed by atoms with E-state index in [1.165, 1.54) is 0 Å². The smallest absolute Gasteiger partial charge is 0.303 e. The van der Waals surface area contributed by atoms with Crippen LogP contribution in [0.1, 0.15) is 56.9 Å². The summed E-state index contributed by atoms with van der Waals surface area (Å²) in [5.74, 6) is 0.278. The first-order valence-electron chi connectivity index (χ1n) is 8.66. The summed E-state index contributed by atoms with van der Waals surface area (Å²) in [6, 6.07) is 7.88. The molecule has 1 N–H and O–H groups in total. The van der Waals surface area contributed by atoms with Crippen LogP contribution in [-0.2, 0) is 9.59 Å². The van der Waals surface area contributed by atoms with Crippen molar-refractivity contribution in [3.63, 3.8) is 0 Å². The van der Waals surface area contributed by atoms with E-state index in [9.17, 15) is 9.59 Å². The van der Waals surface area contributed by atoms with E-state index in [0.29, 0.717) is 12.8 Å². The second-order valence-electron chi connectivity index (χ2n) is 6.55. The maximum atomic E-state index is 12.7. The van der Waals surface area contributed by atoms with Gasteiger partial charge in [0.2, 0.25) is 5.91 Å². The molecule has 5 nitrogen and oxygen atoms in total. The van der Waals surface area contributed by atoms with Crippen LogP contribution in [0.3, 0.4) is 0 Å². The number of carboxylic acids is 1. The molecular weight excluding hydrogens is 306 g/mol. The lowest BCUT2D eigenvalue weighted by Gasteiger charge is -2.36. The number of carbonyl (C=O) groups is 2. The minimum absolute atomic E-state index is 0.0745. The van der Waals surface area contributed by atoms with Crippen LogP contribution >= 0.6 is 0 Å². The van der Waals surface area contributed by atoms with Gasteiger partial charge in [0.25, 0.3) is 0 Å². The van der Waals surface area contributed by atoms with Crippen LogP contribution in [0.25, 0.3) is 0 Å².